The van der Waals surface area contributed by atoms with E-state index < -0.39 is 26.5 Å². The van der Waals surface area contributed by atoms with E-state index in [1.165, 1.54) is 42.5 Å². The number of hydrogen-bond acceptors (Lipinski definition) is 6. The molecular weight excluding hydrogens is 346 g/mol. The number of non-ortho nitro benzene ring substituents is 1. The van der Waals surface area contributed by atoms with Crippen molar-refractivity contribution < 1.29 is 22.9 Å². The number of ether oxygens (including phenoxy) is 1. The number of hydrogen-bond donors (Lipinski definition) is 0. The fourth-order valence-electron chi connectivity index (χ4n) is 2.10. The van der Waals surface area contributed by atoms with Gasteiger partial charge in [0.2, 0.25) is 0 Å². The summed E-state index contributed by atoms with van der Waals surface area (Å²) in [5.41, 5.74) is 0.281. The summed E-state index contributed by atoms with van der Waals surface area (Å²) in [5, 5.41) is 10.7. The van der Waals surface area contributed by atoms with Gasteiger partial charge in [-0.25, -0.2) is 13.2 Å². The van der Waals surface area contributed by atoms with Gasteiger partial charge in [-0.3, -0.25) is 10.1 Å². The maximum Gasteiger partial charge on any atom is 0.334 e. The maximum atomic E-state index is 12.5. The molecule has 0 fully saturated rings. The molecule has 0 radical (unpaired) electrons. The van der Waals surface area contributed by atoms with Crippen LogP contribution in [0.3, 0.4) is 0 Å². The van der Waals surface area contributed by atoms with Crippen molar-refractivity contribution in [3.05, 3.63) is 75.8 Å². The van der Waals surface area contributed by atoms with Crippen LogP contribution in [0.1, 0.15) is 5.56 Å². The van der Waals surface area contributed by atoms with Gasteiger partial charge in [0.1, 0.15) is 0 Å². The van der Waals surface area contributed by atoms with Crippen LogP contribution in [-0.2, 0) is 19.4 Å². The molecule has 0 unspecified atom stereocenters. The molecule has 8 heteroatoms. The Morgan fingerprint density at radius 1 is 1.12 bits per heavy atom. The van der Waals surface area contributed by atoms with E-state index in [1.54, 1.807) is 18.2 Å². The number of esters is 1. The number of carbonyl (C=O) groups excluding carboxylic acids is 1. The Morgan fingerprint density at radius 3 is 2.24 bits per heavy atom. The number of benzene rings is 2. The minimum absolute atomic E-state index is 0.0693. The molecule has 0 saturated carbocycles. The highest BCUT2D eigenvalue weighted by molar-refractivity contribution is 7.91. The Labute approximate surface area is 144 Å². The van der Waals surface area contributed by atoms with Crippen LogP contribution < -0.4 is 0 Å². The van der Waals surface area contributed by atoms with Gasteiger partial charge in [-0.05, 0) is 35.9 Å². The average Bonchev–Trinajstić information content (AvgIpc) is 2.61. The first-order valence-corrected chi connectivity index (χ1v) is 8.80. The van der Waals surface area contributed by atoms with Crippen molar-refractivity contribution in [2.75, 3.05) is 12.9 Å². The smallest absolute Gasteiger partial charge is 0.334 e. The normalized spacial score (nSPS) is 11.8. The quantitative estimate of drug-likeness (QED) is 0.339. The standard InChI is InChI=1S/C17H15NO6S/c1-24-17(19)14(11-13-7-9-15(10-8-13)18(20)21)12-25(22,23)16-5-3-2-4-6-16/h2-11H,12H2,1H3/b14-11-. The molecule has 2 aromatic rings. The van der Waals surface area contributed by atoms with Crippen LogP contribution in [-0.4, -0.2) is 32.2 Å². The second-order valence-electron chi connectivity index (χ2n) is 5.08. The first kappa shape index (κ1) is 18.3. The van der Waals surface area contributed by atoms with Gasteiger partial charge < -0.3 is 4.74 Å². The Bertz CT molecular complexity index is 902. The monoisotopic (exact) mass is 361 g/mol. The van der Waals surface area contributed by atoms with Gasteiger partial charge in [-0.15, -0.1) is 0 Å². The molecule has 0 N–H and O–H groups in total. The molecule has 0 heterocycles. The van der Waals surface area contributed by atoms with Crippen LogP contribution in [0.25, 0.3) is 6.08 Å². The third-order valence-electron chi connectivity index (χ3n) is 3.34. The van der Waals surface area contributed by atoms with E-state index in [0.717, 1.165) is 7.11 Å². The van der Waals surface area contributed by atoms with Crippen LogP contribution in [0, 0.1) is 10.1 Å². The Balaban J connectivity index is 2.36. The first-order chi connectivity index (χ1) is 11.8. The van der Waals surface area contributed by atoms with Crippen LogP contribution in [0.4, 0.5) is 5.69 Å². The highest BCUT2D eigenvalue weighted by Crippen LogP contribution is 2.18. The van der Waals surface area contributed by atoms with E-state index in [4.69, 9.17) is 0 Å². The molecule has 130 valence electrons. The molecule has 2 rings (SSSR count). The number of rotatable bonds is 6. The third kappa shape index (κ3) is 4.74. The molecule has 0 saturated heterocycles. The summed E-state index contributed by atoms with van der Waals surface area (Å²) in [6.45, 7) is 0. The van der Waals surface area contributed by atoms with E-state index in [0.29, 0.717) is 5.56 Å². The van der Waals surface area contributed by atoms with Crippen molar-refractivity contribution in [2.24, 2.45) is 0 Å². The second-order valence-corrected chi connectivity index (χ2v) is 7.07. The predicted molar refractivity (Wildman–Crippen MR) is 91.6 cm³/mol. The molecule has 0 aliphatic heterocycles. The third-order valence-corrected chi connectivity index (χ3v) is 5.02. The molecular formula is C17H15NO6S. The average molecular weight is 361 g/mol. The van der Waals surface area contributed by atoms with E-state index in [1.807, 2.05) is 0 Å². The van der Waals surface area contributed by atoms with Gasteiger partial charge in [0.25, 0.3) is 5.69 Å². The molecule has 0 amide bonds. The Kier molecular flexibility index (Phi) is 5.66. The summed E-state index contributed by atoms with van der Waals surface area (Å²) in [7, 11) is -2.58. The highest BCUT2D eigenvalue weighted by atomic mass is 32.2. The predicted octanol–water partition coefficient (Wildman–Crippen LogP) is 2.63. The molecule has 0 aromatic heterocycles. The zero-order valence-corrected chi connectivity index (χ0v) is 14.1. The molecule has 25 heavy (non-hydrogen) atoms. The minimum Gasteiger partial charge on any atom is -0.466 e. The van der Waals surface area contributed by atoms with Crippen molar-refractivity contribution in [3.63, 3.8) is 0 Å². The van der Waals surface area contributed by atoms with Gasteiger partial charge in [0, 0.05) is 12.1 Å². The SMILES string of the molecule is COC(=O)/C(=C\c1ccc([N+](=O)[O-])cc1)CS(=O)(=O)c1ccccc1. The van der Waals surface area contributed by atoms with Gasteiger partial charge in [-0.1, -0.05) is 18.2 Å². The van der Waals surface area contributed by atoms with Gasteiger partial charge in [-0.2, -0.15) is 0 Å². The zero-order chi connectivity index (χ0) is 18.4. The van der Waals surface area contributed by atoms with Gasteiger partial charge >= 0.3 is 5.97 Å². The number of sulfone groups is 1. The lowest BCUT2D eigenvalue weighted by molar-refractivity contribution is -0.384. The van der Waals surface area contributed by atoms with Gasteiger partial charge in [0.05, 0.1) is 28.3 Å². The van der Waals surface area contributed by atoms with Crippen molar-refractivity contribution in [1.82, 2.24) is 0 Å². The van der Waals surface area contributed by atoms with E-state index in [9.17, 15) is 23.3 Å². The number of nitrogens with zero attached hydrogens (tertiary/aromatic N) is 1. The minimum atomic E-state index is -3.73. The second kappa shape index (κ2) is 7.71. The Hall–Kier alpha value is -3.00. The van der Waals surface area contributed by atoms with Crippen molar-refractivity contribution in [3.8, 4) is 0 Å². The van der Waals surface area contributed by atoms with Crippen molar-refractivity contribution in [1.29, 1.82) is 0 Å². The van der Waals surface area contributed by atoms with Crippen LogP contribution in [0.2, 0.25) is 0 Å². The number of carbonyl (C=O) groups is 1. The summed E-state index contributed by atoms with van der Waals surface area (Å²) < 4.78 is 29.6. The fourth-order valence-corrected chi connectivity index (χ4v) is 3.45. The summed E-state index contributed by atoms with van der Waals surface area (Å²) >= 11 is 0. The molecule has 0 aliphatic carbocycles. The molecule has 0 aliphatic rings. The molecule has 0 spiro atoms. The Morgan fingerprint density at radius 2 is 1.72 bits per heavy atom. The fraction of sp³-hybridized carbons (Fsp3) is 0.118. The maximum absolute atomic E-state index is 12.5. The first-order valence-electron chi connectivity index (χ1n) is 7.14. The van der Waals surface area contributed by atoms with E-state index in [2.05, 4.69) is 4.74 Å². The molecule has 0 bridgehead atoms. The zero-order valence-electron chi connectivity index (χ0n) is 13.3. The molecule has 2 aromatic carbocycles. The summed E-state index contributed by atoms with van der Waals surface area (Å²) in [6.07, 6.45) is 1.34. The van der Waals surface area contributed by atoms with E-state index >= 15 is 0 Å². The molecule has 0 atom stereocenters. The number of methoxy groups -OCH3 is 1. The van der Waals surface area contributed by atoms with Gasteiger partial charge in [0.15, 0.2) is 9.84 Å². The lowest BCUT2D eigenvalue weighted by Crippen LogP contribution is -2.16. The lowest BCUT2D eigenvalue weighted by Gasteiger charge is -2.08. The number of nitro benzene ring substituents is 1. The number of nitro groups is 1. The van der Waals surface area contributed by atoms with E-state index in [-0.39, 0.29) is 16.2 Å². The summed E-state index contributed by atoms with van der Waals surface area (Å²) in [4.78, 5) is 22.2. The largest absolute Gasteiger partial charge is 0.466 e. The van der Waals surface area contributed by atoms with Crippen molar-refractivity contribution >= 4 is 27.6 Å². The topological polar surface area (TPSA) is 104 Å². The summed E-state index contributed by atoms with van der Waals surface area (Å²) in [6, 6.07) is 13.1. The van der Waals surface area contributed by atoms with Crippen LogP contribution in [0.5, 0.6) is 0 Å². The summed E-state index contributed by atoms with van der Waals surface area (Å²) in [5.74, 6) is -1.32. The lowest BCUT2D eigenvalue weighted by atomic mass is 10.1. The molecule has 7 nitrogen and oxygen atoms in total. The highest BCUT2D eigenvalue weighted by Gasteiger charge is 2.21. The van der Waals surface area contributed by atoms with Crippen molar-refractivity contribution in [2.45, 2.75) is 4.90 Å². The van der Waals surface area contributed by atoms with Crippen LogP contribution >= 0.6 is 0 Å². The van der Waals surface area contributed by atoms with Crippen LogP contribution in [0.15, 0.2) is 65.1 Å².